The molecule has 0 spiro atoms. The number of rotatable bonds is 7. The van der Waals surface area contributed by atoms with E-state index < -0.39 is 0 Å². The number of nitrogens with zero attached hydrogens (tertiary/aromatic N) is 4. The third-order valence-electron chi connectivity index (χ3n) is 3.25. The van der Waals surface area contributed by atoms with E-state index >= 15 is 0 Å². The van der Waals surface area contributed by atoms with Crippen molar-refractivity contribution in [2.75, 3.05) is 30.4 Å². The molecule has 0 fully saturated rings. The number of likely N-dealkylation sites (N-methyl/N-ethyl adjacent to an activating group) is 1. The van der Waals surface area contributed by atoms with Crippen LogP contribution in [0.15, 0.2) is 6.20 Å². The Balaban J connectivity index is 2.17. The quantitative estimate of drug-likeness (QED) is 0.438. The van der Waals surface area contributed by atoms with Crippen LogP contribution in [0.4, 0.5) is 11.8 Å². The number of aromatic nitrogens is 4. The molecule has 2 aromatic heterocycles. The zero-order valence-electron chi connectivity index (χ0n) is 12.1. The molecule has 0 aliphatic heterocycles. The van der Waals surface area contributed by atoms with E-state index in [0.717, 1.165) is 30.8 Å². The summed E-state index contributed by atoms with van der Waals surface area (Å²) < 4.78 is 0. The minimum atomic E-state index is 0.258. The first-order valence-corrected chi connectivity index (χ1v) is 6.84. The zero-order chi connectivity index (χ0) is 14.5. The number of nitrogen functional groups attached to an aromatic ring is 1. The van der Waals surface area contributed by atoms with Gasteiger partial charge in [-0.3, -0.25) is 10.5 Å². The Bertz CT molecular complexity index is 547. The molecule has 20 heavy (non-hydrogen) atoms. The third-order valence-corrected chi connectivity index (χ3v) is 3.25. The summed E-state index contributed by atoms with van der Waals surface area (Å²) in [6, 6.07) is 0.258. The number of aromatic amines is 1. The van der Waals surface area contributed by atoms with Crippen molar-refractivity contribution < 1.29 is 0 Å². The van der Waals surface area contributed by atoms with Crippen LogP contribution in [0, 0.1) is 0 Å². The Morgan fingerprint density at radius 1 is 1.35 bits per heavy atom. The van der Waals surface area contributed by atoms with Gasteiger partial charge in [-0.2, -0.15) is 15.1 Å². The molecule has 2 heterocycles. The highest BCUT2D eigenvalue weighted by Gasteiger charge is 2.13. The molecule has 0 aliphatic rings. The van der Waals surface area contributed by atoms with Gasteiger partial charge in [0.25, 0.3) is 0 Å². The number of anilines is 2. The topological polar surface area (TPSA) is 108 Å². The predicted molar refractivity (Wildman–Crippen MR) is 80.4 cm³/mol. The molecule has 110 valence electrons. The van der Waals surface area contributed by atoms with Gasteiger partial charge in [-0.25, -0.2) is 5.84 Å². The highest BCUT2D eigenvalue weighted by atomic mass is 15.3. The molecule has 1 atom stereocenters. The Morgan fingerprint density at radius 3 is 2.75 bits per heavy atom. The molecule has 0 bridgehead atoms. The van der Waals surface area contributed by atoms with Crippen LogP contribution in [-0.2, 0) is 0 Å². The summed E-state index contributed by atoms with van der Waals surface area (Å²) in [5.41, 5.74) is 3.12. The standard InChI is InChI=1S/C12H22N8/c1-4-20(5-2)7-8(3)15-10-9-6-14-19-11(9)17-12(16-10)18-13/h6,8H,4-5,7,13H2,1-3H3,(H3,14,15,16,17,18,19). The number of nitrogens with one attached hydrogen (secondary N) is 3. The Morgan fingerprint density at radius 2 is 2.10 bits per heavy atom. The van der Waals surface area contributed by atoms with Crippen molar-refractivity contribution in [2.24, 2.45) is 5.84 Å². The molecule has 0 saturated carbocycles. The van der Waals surface area contributed by atoms with Gasteiger partial charge in [-0.15, -0.1) is 0 Å². The van der Waals surface area contributed by atoms with E-state index in [0.29, 0.717) is 11.6 Å². The van der Waals surface area contributed by atoms with Gasteiger partial charge in [0.15, 0.2) is 5.65 Å². The maximum Gasteiger partial charge on any atom is 0.241 e. The number of hydrazine groups is 1. The third kappa shape index (κ3) is 3.14. The molecular formula is C12H22N8. The first-order chi connectivity index (χ1) is 9.67. The van der Waals surface area contributed by atoms with Crippen molar-refractivity contribution in [2.45, 2.75) is 26.8 Å². The molecule has 0 radical (unpaired) electrons. The zero-order valence-corrected chi connectivity index (χ0v) is 12.1. The van der Waals surface area contributed by atoms with Gasteiger partial charge in [-0.05, 0) is 20.0 Å². The molecular weight excluding hydrogens is 256 g/mol. The summed E-state index contributed by atoms with van der Waals surface area (Å²) in [5.74, 6) is 6.48. The van der Waals surface area contributed by atoms with Crippen molar-refractivity contribution in [3.05, 3.63) is 6.20 Å². The number of fused-ring (bicyclic) bond motifs is 1. The molecule has 0 aliphatic carbocycles. The fourth-order valence-electron chi connectivity index (χ4n) is 2.16. The highest BCUT2D eigenvalue weighted by Crippen LogP contribution is 2.20. The van der Waals surface area contributed by atoms with Crippen LogP contribution < -0.4 is 16.6 Å². The monoisotopic (exact) mass is 278 g/mol. The number of hydrogen-bond acceptors (Lipinski definition) is 7. The largest absolute Gasteiger partial charge is 0.366 e. The summed E-state index contributed by atoms with van der Waals surface area (Å²) in [4.78, 5) is 10.9. The average Bonchev–Trinajstić information content (AvgIpc) is 2.93. The van der Waals surface area contributed by atoms with Crippen LogP contribution >= 0.6 is 0 Å². The summed E-state index contributed by atoms with van der Waals surface area (Å²) in [6.07, 6.45) is 1.71. The second-order valence-corrected chi connectivity index (χ2v) is 4.70. The average molecular weight is 278 g/mol. The van der Waals surface area contributed by atoms with Gasteiger partial charge >= 0.3 is 0 Å². The highest BCUT2D eigenvalue weighted by molar-refractivity contribution is 5.87. The van der Waals surface area contributed by atoms with Gasteiger partial charge in [0, 0.05) is 12.6 Å². The van der Waals surface area contributed by atoms with E-state index in [1.54, 1.807) is 6.20 Å². The molecule has 5 N–H and O–H groups in total. The van der Waals surface area contributed by atoms with Gasteiger partial charge in [0.2, 0.25) is 5.95 Å². The maximum atomic E-state index is 5.39. The van der Waals surface area contributed by atoms with Gasteiger partial charge in [0.1, 0.15) is 5.82 Å². The summed E-state index contributed by atoms with van der Waals surface area (Å²) in [7, 11) is 0. The van der Waals surface area contributed by atoms with Crippen LogP contribution in [0.5, 0.6) is 0 Å². The lowest BCUT2D eigenvalue weighted by molar-refractivity contribution is 0.294. The van der Waals surface area contributed by atoms with E-state index in [9.17, 15) is 0 Å². The van der Waals surface area contributed by atoms with E-state index in [4.69, 9.17) is 5.84 Å². The van der Waals surface area contributed by atoms with Crippen molar-refractivity contribution in [3.63, 3.8) is 0 Å². The number of nitrogens with two attached hydrogens (primary N) is 1. The van der Waals surface area contributed by atoms with Crippen molar-refractivity contribution in [1.29, 1.82) is 0 Å². The van der Waals surface area contributed by atoms with Crippen LogP contribution in [0.3, 0.4) is 0 Å². The lowest BCUT2D eigenvalue weighted by Crippen LogP contribution is -2.35. The lowest BCUT2D eigenvalue weighted by Gasteiger charge is -2.24. The SMILES string of the molecule is CCN(CC)CC(C)Nc1nc(NN)nc2[nH]ncc12. The second kappa shape index (κ2) is 6.49. The molecule has 2 aromatic rings. The molecule has 0 aromatic carbocycles. The van der Waals surface area contributed by atoms with Crippen LogP contribution in [-0.4, -0.2) is 50.7 Å². The lowest BCUT2D eigenvalue weighted by atomic mass is 10.3. The Hall–Kier alpha value is -1.93. The first kappa shape index (κ1) is 14.5. The molecule has 8 heteroatoms. The molecule has 0 amide bonds. The van der Waals surface area contributed by atoms with E-state index in [-0.39, 0.29) is 6.04 Å². The minimum Gasteiger partial charge on any atom is -0.366 e. The molecule has 0 saturated heterocycles. The van der Waals surface area contributed by atoms with Crippen LogP contribution in [0.2, 0.25) is 0 Å². The summed E-state index contributed by atoms with van der Waals surface area (Å²) >= 11 is 0. The van der Waals surface area contributed by atoms with Gasteiger partial charge in [-0.1, -0.05) is 13.8 Å². The number of hydrogen-bond donors (Lipinski definition) is 4. The smallest absolute Gasteiger partial charge is 0.241 e. The normalized spacial score (nSPS) is 12.8. The Labute approximate surface area is 118 Å². The predicted octanol–water partition coefficient (Wildman–Crippen LogP) is 0.781. The Kier molecular flexibility index (Phi) is 4.70. The van der Waals surface area contributed by atoms with Crippen LogP contribution in [0.1, 0.15) is 20.8 Å². The van der Waals surface area contributed by atoms with Crippen molar-refractivity contribution >= 4 is 22.8 Å². The van der Waals surface area contributed by atoms with Gasteiger partial charge in [0.05, 0.1) is 11.6 Å². The second-order valence-electron chi connectivity index (χ2n) is 4.70. The summed E-state index contributed by atoms with van der Waals surface area (Å²) in [6.45, 7) is 9.45. The van der Waals surface area contributed by atoms with E-state index in [2.05, 4.69) is 56.6 Å². The number of H-pyrrole nitrogens is 1. The molecule has 8 nitrogen and oxygen atoms in total. The van der Waals surface area contributed by atoms with E-state index in [1.807, 2.05) is 0 Å². The first-order valence-electron chi connectivity index (χ1n) is 6.84. The van der Waals surface area contributed by atoms with Gasteiger partial charge < -0.3 is 10.2 Å². The van der Waals surface area contributed by atoms with Crippen LogP contribution in [0.25, 0.3) is 11.0 Å². The molecule has 2 rings (SSSR count). The minimum absolute atomic E-state index is 0.258. The van der Waals surface area contributed by atoms with E-state index in [1.165, 1.54) is 0 Å². The maximum absolute atomic E-state index is 5.39. The summed E-state index contributed by atoms with van der Waals surface area (Å²) in [5, 5.41) is 11.1. The van der Waals surface area contributed by atoms with Crippen molar-refractivity contribution in [3.8, 4) is 0 Å². The van der Waals surface area contributed by atoms with Crippen molar-refractivity contribution in [1.82, 2.24) is 25.1 Å². The molecule has 1 unspecified atom stereocenters. The fraction of sp³-hybridized carbons (Fsp3) is 0.583. The fourth-order valence-corrected chi connectivity index (χ4v) is 2.16.